The van der Waals surface area contributed by atoms with Crippen LogP contribution in [0.5, 0.6) is 5.75 Å². The zero-order chi connectivity index (χ0) is 16.9. The first kappa shape index (κ1) is 16.3. The van der Waals surface area contributed by atoms with Crippen LogP contribution >= 0.6 is 15.9 Å². The molecule has 122 valence electrons. The van der Waals surface area contributed by atoms with E-state index in [1.165, 1.54) is 24.3 Å². The summed E-state index contributed by atoms with van der Waals surface area (Å²) < 4.78 is 19.3. The van der Waals surface area contributed by atoms with Crippen LogP contribution in [0.25, 0.3) is 10.8 Å². The van der Waals surface area contributed by atoms with Crippen molar-refractivity contribution >= 4 is 38.3 Å². The van der Waals surface area contributed by atoms with E-state index in [-0.39, 0.29) is 18.3 Å². The van der Waals surface area contributed by atoms with Gasteiger partial charge in [0.2, 0.25) is 0 Å². The fourth-order valence-corrected chi connectivity index (χ4v) is 2.52. The van der Waals surface area contributed by atoms with Gasteiger partial charge in [-0.2, -0.15) is 0 Å². The quantitative estimate of drug-likeness (QED) is 0.641. The third-order valence-electron chi connectivity index (χ3n) is 3.33. The number of hydrazine groups is 1. The van der Waals surface area contributed by atoms with E-state index >= 15 is 0 Å². The van der Waals surface area contributed by atoms with Gasteiger partial charge in [0.15, 0.2) is 6.61 Å². The summed E-state index contributed by atoms with van der Waals surface area (Å²) in [6, 6.07) is 17.2. The van der Waals surface area contributed by atoms with Gasteiger partial charge in [0.1, 0.15) is 11.6 Å². The summed E-state index contributed by atoms with van der Waals surface area (Å²) in [6.45, 7) is -0.129. The van der Waals surface area contributed by atoms with Gasteiger partial charge in [-0.05, 0) is 59.3 Å². The summed E-state index contributed by atoms with van der Waals surface area (Å²) in [7, 11) is 0. The lowest BCUT2D eigenvalue weighted by atomic mass is 10.1. The van der Waals surface area contributed by atoms with Gasteiger partial charge in [-0.15, -0.1) is 0 Å². The van der Waals surface area contributed by atoms with E-state index in [1.54, 1.807) is 0 Å². The highest BCUT2D eigenvalue weighted by Gasteiger charge is 2.04. The van der Waals surface area contributed by atoms with Crippen LogP contribution in [0.4, 0.5) is 10.1 Å². The molecule has 0 atom stereocenters. The summed E-state index contributed by atoms with van der Waals surface area (Å²) in [5, 5.41) is 2.11. The number of rotatable bonds is 5. The van der Waals surface area contributed by atoms with E-state index in [9.17, 15) is 9.18 Å². The molecule has 0 aromatic heterocycles. The normalized spacial score (nSPS) is 10.4. The maximum Gasteiger partial charge on any atom is 0.276 e. The van der Waals surface area contributed by atoms with Crippen molar-refractivity contribution in [1.82, 2.24) is 5.43 Å². The van der Waals surface area contributed by atoms with Gasteiger partial charge in [0, 0.05) is 4.47 Å². The monoisotopic (exact) mass is 388 g/mol. The standard InChI is InChI=1S/C18H14BrFN2O2/c19-14-3-1-13-10-17(8-2-12(13)9-14)24-11-18(23)22-21-16-6-4-15(20)5-7-16/h1-10,21H,11H2,(H,22,23). The molecule has 0 saturated carbocycles. The smallest absolute Gasteiger partial charge is 0.276 e. The largest absolute Gasteiger partial charge is 0.484 e. The summed E-state index contributed by atoms with van der Waals surface area (Å²) in [4.78, 5) is 11.8. The van der Waals surface area contributed by atoms with Crippen LogP contribution in [0, 0.1) is 5.82 Å². The number of amides is 1. The molecule has 24 heavy (non-hydrogen) atoms. The van der Waals surface area contributed by atoms with Crippen LogP contribution in [0.2, 0.25) is 0 Å². The number of nitrogens with one attached hydrogen (secondary N) is 2. The maximum atomic E-state index is 12.8. The molecule has 0 fully saturated rings. The lowest BCUT2D eigenvalue weighted by Gasteiger charge is -2.10. The molecule has 6 heteroatoms. The Morgan fingerprint density at radius 1 is 1.00 bits per heavy atom. The Labute approximate surface area is 146 Å². The van der Waals surface area contributed by atoms with Gasteiger partial charge in [-0.1, -0.05) is 28.1 Å². The molecule has 0 saturated heterocycles. The molecule has 0 radical (unpaired) electrons. The minimum atomic E-state index is -0.338. The van der Waals surface area contributed by atoms with E-state index in [2.05, 4.69) is 26.8 Å². The molecule has 3 aromatic rings. The second-order valence-corrected chi connectivity index (χ2v) is 6.04. The van der Waals surface area contributed by atoms with Crippen LogP contribution in [0.3, 0.4) is 0 Å². The summed E-state index contributed by atoms with van der Waals surface area (Å²) in [6.07, 6.45) is 0. The molecule has 0 bridgehead atoms. The fraction of sp³-hybridized carbons (Fsp3) is 0.0556. The van der Waals surface area contributed by atoms with Crippen molar-refractivity contribution in [3.63, 3.8) is 0 Å². The predicted octanol–water partition coefficient (Wildman–Crippen LogP) is 4.26. The number of hydrogen-bond acceptors (Lipinski definition) is 3. The highest BCUT2D eigenvalue weighted by molar-refractivity contribution is 9.10. The number of hydrogen-bond donors (Lipinski definition) is 2. The van der Waals surface area contributed by atoms with Crippen molar-refractivity contribution in [3.05, 3.63) is 71.0 Å². The molecular formula is C18H14BrFN2O2. The Bertz CT molecular complexity index is 869. The van der Waals surface area contributed by atoms with Gasteiger partial charge in [0.05, 0.1) is 5.69 Å². The molecule has 0 spiro atoms. The molecule has 2 N–H and O–H groups in total. The summed E-state index contributed by atoms with van der Waals surface area (Å²) in [5.41, 5.74) is 5.77. The molecule has 3 aromatic carbocycles. The predicted molar refractivity (Wildman–Crippen MR) is 95.3 cm³/mol. The Morgan fingerprint density at radius 2 is 1.71 bits per heavy atom. The Hall–Kier alpha value is -2.60. The molecular weight excluding hydrogens is 375 g/mol. The van der Waals surface area contributed by atoms with E-state index in [0.717, 1.165) is 15.2 Å². The number of ether oxygens (including phenoxy) is 1. The highest BCUT2D eigenvalue weighted by Crippen LogP contribution is 2.24. The van der Waals surface area contributed by atoms with Crippen LogP contribution in [0.15, 0.2) is 65.1 Å². The lowest BCUT2D eigenvalue weighted by Crippen LogP contribution is -2.33. The number of benzene rings is 3. The van der Waals surface area contributed by atoms with Crippen molar-refractivity contribution in [2.45, 2.75) is 0 Å². The third kappa shape index (κ3) is 4.23. The van der Waals surface area contributed by atoms with E-state index < -0.39 is 0 Å². The first-order valence-corrected chi connectivity index (χ1v) is 8.02. The summed E-state index contributed by atoms with van der Waals surface area (Å²) in [5.74, 6) is -0.0597. The fourth-order valence-electron chi connectivity index (χ4n) is 2.14. The van der Waals surface area contributed by atoms with Gasteiger partial charge in [-0.3, -0.25) is 15.6 Å². The molecule has 0 unspecified atom stereocenters. The van der Waals surface area contributed by atoms with Crippen LogP contribution in [0.1, 0.15) is 0 Å². The molecule has 4 nitrogen and oxygen atoms in total. The average Bonchev–Trinajstić information content (AvgIpc) is 2.59. The van der Waals surface area contributed by atoms with Gasteiger partial charge in [-0.25, -0.2) is 4.39 Å². The highest BCUT2D eigenvalue weighted by atomic mass is 79.9. The number of halogens is 2. The third-order valence-corrected chi connectivity index (χ3v) is 3.83. The van der Waals surface area contributed by atoms with E-state index in [4.69, 9.17) is 4.74 Å². The molecule has 3 rings (SSSR count). The molecule has 0 aliphatic heterocycles. The molecule has 0 aliphatic rings. The molecule has 0 heterocycles. The zero-order valence-corrected chi connectivity index (χ0v) is 14.1. The molecule has 0 aliphatic carbocycles. The Kier molecular flexibility index (Phi) is 4.96. The van der Waals surface area contributed by atoms with Crippen LogP contribution < -0.4 is 15.6 Å². The average molecular weight is 389 g/mol. The maximum absolute atomic E-state index is 12.8. The van der Waals surface area contributed by atoms with E-state index in [1.807, 2.05) is 36.4 Å². The topological polar surface area (TPSA) is 50.4 Å². The van der Waals surface area contributed by atoms with Crippen LogP contribution in [-0.2, 0) is 4.79 Å². The van der Waals surface area contributed by atoms with Crippen molar-refractivity contribution in [3.8, 4) is 5.75 Å². The van der Waals surface area contributed by atoms with Gasteiger partial charge < -0.3 is 4.74 Å². The zero-order valence-electron chi connectivity index (χ0n) is 12.6. The number of anilines is 1. The number of carbonyl (C=O) groups excluding carboxylic acids is 1. The van der Waals surface area contributed by atoms with Crippen molar-refractivity contribution in [1.29, 1.82) is 0 Å². The van der Waals surface area contributed by atoms with Gasteiger partial charge in [0.25, 0.3) is 5.91 Å². The van der Waals surface area contributed by atoms with Crippen molar-refractivity contribution < 1.29 is 13.9 Å². The second-order valence-electron chi connectivity index (χ2n) is 5.12. The van der Waals surface area contributed by atoms with Crippen LogP contribution in [-0.4, -0.2) is 12.5 Å². The first-order chi connectivity index (χ1) is 11.6. The Morgan fingerprint density at radius 3 is 2.50 bits per heavy atom. The summed E-state index contributed by atoms with van der Waals surface area (Å²) >= 11 is 3.43. The molecule has 1 amide bonds. The second kappa shape index (κ2) is 7.31. The van der Waals surface area contributed by atoms with Crippen molar-refractivity contribution in [2.75, 3.05) is 12.0 Å². The lowest BCUT2D eigenvalue weighted by molar-refractivity contribution is -0.122. The Balaban J connectivity index is 1.54. The van der Waals surface area contributed by atoms with Crippen molar-refractivity contribution in [2.24, 2.45) is 0 Å². The number of fused-ring (bicyclic) bond motifs is 1. The number of carbonyl (C=O) groups is 1. The van der Waals surface area contributed by atoms with E-state index in [0.29, 0.717) is 11.4 Å². The SMILES string of the molecule is O=C(COc1ccc2cc(Br)ccc2c1)NNc1ccc(F)cc1. The minimum absolute atomic E-state index is 0.129. The minimum Gasteiger partial charge on any atom is -0.484 e. The first-order valence-electron chi connectivity index (χ1n) is 7.23. The van der Waals surface area contributed by atoms with Gasteiger partial charge >= 0.3 is 0 Å².